The standard InChI is InChI=1S/C31H32N6O2S/c1-19(2)28(33-20(3)38)30(39)36-15-7-10-26(36)29-32-16-24(34-29)21-11-13-22(14-12-21)25-17-37-27(18-40-31(37)35-25)23-8-5-4-6-9-23/h4-6,8-9,11-14,16-19,26,28H,7,10,15H2,1-3H3,(H,32,34)(H,33,38)/t26?,28-/m0/s1. The molecule has 2 N–H and O–H groups in total. The summed E-state index contributed by atoms with van der Waals surface area (Å²) in [6.45, 7) is 6.01. The highest BCUT2D eigenvalue weighted by atomic mass is 32.1. The Morgan fingerprint density at radius 1 is 1.05 bits per heavy atom. The highest BCUT2D eigenvalue weighted by molar-refractivity contribution is 7.15. The third-order valence-corrected chi connectivity index (χ3v) is 8.35. The van der Waals surface area contributed by atoms with Crippen molar-refractivity contribution >= 4 is 28.1 Å². The summed E-state index contributed by atoms with van der Waals surface area (Å²) in [5, 5.41) is 4.97. The van der Waals surface area contributed by atoms with E-state index in [0.717, 1.165) is 51.8 Å². The Hall–Kier alpha value is -4.24. The van der Waals surface area contributed by atoms with Crippen molar-refractivity contribution in [2.24, 2.45) is 5.92 Å². The van der Waals surface area contributed by atoms with E-state index in [2.05, 4.69) is 67.7 Å². The van der Waals surface area contributed by atoms with E-state index in [4.69, 9.17) is 4.98 Å². The monoisotopic (exact) mass is 552 g/mol. The zero-order chi connectivity index (χ0) is 27.8. The second kappa shape index (κ2) is 10.7. The smallest absolute Gasteiger partial charge is 0.246 e. The lowest BCUT2D eigenvalue weighted by atomic mass is 10.0. The number of amides is 2. The molecule has 6 rings (SSSR count). The lowest BCUT2D eigenvalue weighted by Crippen LogP contribution is -2.50. The summed E-state index contributed by atoms with van der Waals surface area (Å²) in [4.78, 5) is 40.9. The number of H-pyrrole nitrogens is 1. The molecule has 40 heavy (non-hydrogen) atoms. The number of aromatic nitrogens is 4. The number of hydrogen-bond donors (Lipinski definition) is 2. The Morgan fingerprint density at radius 2 is 1.80 bits per heavy atom. The largest absolute Gasteiger partial charge is 0.344 e. The average Bonchev–Trinajstić information content (AvgIpc) is 3.75. The van der Waals surface area contributed by atoms with E-state index in [0.29, 0.717) is 6.54 Å². The maximum Gasteiger partial charge on any atom is 0.246 e. The number of carbonyl (C=O) groups excluding carboxylic acids is 2. The normalized spacial score (nSPS) is 16.1. The average molecular weight is 553 g/mol. The minimum absolute atomic E-state index is 0.000595. The molecule has 2 amide bonds. The van der Waals surface area contributed by atoms with Gasteiger partial charge in [-0.1, -0.05) is 68.4 Å². The number of fused-ring (bicyclic) bond motifs is 1. The van der Waals surface area contributed by atoms with Gasteiger partial charge in [-0.3, -0.25) is 14.0 Å². The highest BCUT2D eigenvalue weighted by Gasteiger charge is 2.37. The SMILES string of the molecule is CC(=O)N[C@H](C(=O)N1CCCC1c1ncc(-c2ccc(-c3cn4c(-c5ccccc5)csc4n3)cc2)[nH]1)C(C)C. The van der Waals surface area contributed by atoms with Crippen LogP contribution in [0.2, 0.25) is 0 Å². The molecule has 1 fully saturated rings. The maximum atomic E-state index is 13.4. The molecular weight excluding hydrogens is 520 g/mol. The number of carbonyl (C=O) groups is 2. The molecule has 1 aliphatic rings. The van der Waals surface area contributed by atoms with Crippen LogP contribution in [-0.4, -0.2) is 48.7 Å². The molecule has 1 aliphatic heterocycles. The third kappa shape index (κ3) is 4.93. The van der Waals surface area contributed by atoms with Crippen molar-refractivity contribution in [3.05, 3.63) is 78.2 Å². The lowest BCUT2D eigenvalue weighted by molar-refractivity contribution is -0.138. The molecule has 8 nitrogen and oxygen atoms in total. The molecule has 0 bridgehead atoms. The second-order valence-corrected chi connectivity index (χ2v) is 11.5. The summed E-state index contributed by atoms with van der Waals surface area (Å²) >= 11 is 1.64. The Balaban J connectivity index is 1.20. The van der Waals surface area contributed by atoms with Crippen LogP contribution >= 0.6 is 11.3 Å². The molecule has 204 valence electrons. The van der Waals surface area contributed by atoms with E-state index in [1.807, 2.05) is 43.1 Å². The van der Waals surface area contributed by atoms with Crippen LogP contribution in [0.4, 0.5) is 0 Å². The molecule has 1 unspecified atom stereocenters. The number of likely N-dealkylation sites (tertiary alicyclic amines) is 1. The topological polar surface area (TPSA) is 95.4 Å². The summed E-state index contributed by atoms with van der Waals surface area (Å²) in [6.07, 6.45) is 5.66. The van der Waals surface area contributed by atoms with Gasteiger partial charge in [0.15, 0.2) is 4.96 Å². The van der Waals surface area contributed by atoms with Crippen molar-refractivity contribution in [1.82, 2.24) is 29.6 Å². The summed E-state index contributed by atoms with van der Waals surface area (Å²) in [7, 11) is 0. The van der Waals surface area contributed by atoms with Gasteiger partial charge in [-0.15, -0.1) is 11.3 Å². The van der Waals surface area contributed by atoms with Gasteiger partial charge < -0.3 is 15.2 Å². The number of benzene rings is 2. The van der Waals surface area contributed by atoms with E-state index in [1.165, 1.54) is 12.5 Å². The van der Waals surface area contributed by atoms with E-state index in [1.54, 1.807) is 11.3 Å². The molecule has 1 saturated heterocycles. The van der Waals surface area contributed by atoms with Gasteiger partial charge in [0.2, 0.25) is 11.8 Å². The maximum absolute atomic E-state index is 13.4. The zero-order valence-electron chi connectivity index (χ0n) is 22.8. The fourth-order valence-corrected chi connectivity index (χ4v) is 6.32. The van der Waals surface area contributed by atoms with Gasteiger partial charge in [-0.2, -0.15) is 0 Å². The summed E-state index contributed by atoms with van der Waals surface area (Å²) in [5.74, 6) is 0.529. The first-order valence-corrected chi connectivity index (χ1v) is 14.5. The Labute approximate surface area is 237 Å². The van der Waals surface area contributed by atoms with Crippen molar-refractivity contribution in [2.75, 3.05) is 6.54 Å². The number of thiazole rings is 1. The molecule has 2 atom stereocenters. The van der Waals surface area contributed by atoms with E-state index in [9.17, 15) is 9.59 Å². The van der Waals surface area contributed by atoms with Gasteiger partial charge >= 0.3 is 0 Å². The highest BCUT2D eigenvalue weighted by Crippen LogP contribution is 2.34. The van der Waals surface area contributed by atoms with Gasteiger partial charge in [0.1, 0.15) is 11.9 Å². The molecule has 0 saturated carbocycles. The third-order valence-electron chi connectivity index (χ3n) is 7.51. The second-order valence-electron chi connectivity index (χ2n) is 10.6. The van der Waals surface area contributed by atoms with Crippen LogP contribution < -0.4 is 5.32 Å². The first kappa shape index (κ1) is 26.0. The van der Waals surface area contributed by atoms with Gasteiger partial charge in [0.25, 0.3) is 0 Å². The molecule has 0 aliphatic carbocycles. The van der Waals surface area contributed by atoms with Crippen LogP contribution in [-0.2, 0) is 9.59 Å². The molecule has 0 spiro atoms. The van der Waals surface area contributed by atoms with E-state index >= 15 is 0 Å². The van der Waals surface area contributed by atoms with Crippen LogP contribution in [0.5, 0.6) is 0 Å². The van der Waals surface area contributed by atoms with Gasteiger partial charge in [-0.25, -0.2) is 9.97 Å². The van der Waals surface area contributed by atoms with Crippen LogP contribution in [0.1, 0.15) is 45.5 Å². The first-order valence-electron chi connectivity index (χ1n) is 13.6. The Morgan fingerprint density at radius 3 is 2.52 bits per heavy atom. The molecule has 4 heterocycles. The van der Waals surface area contributed by atoms with Gasteiger partial charge in [0.05, 0.1) is 29.3 Å². The molecule has 2 aromatic carbocycles. The number of nitrogens with zero attached hydrogens (tertiary/aromatic N) is 4. The van der Waals surface area contributed by atoms with Crippen LogP contribution in [0.25, 0.3) is 38.7 Å². The minimum Gasteiger partial charge on any atom is -0.344 e. The Bertz CT molecular complexity index is 1650. The van der Waals surface area contributed by atoms with E-state index < -0.39 is 6.04 Å². The summed E-state index contributed by atoms with van der Waals surface area (Å²) < 4.78 is 2.15. The Kier molecular flexibility index (Phi) is 6.98. The predicted molar refractivity (Wildman–Crippen MR) is 158 cm³/mol. The van der Waals surface area contributed by atoms with Gasteiger partial charge in [-0.05, 0) is 29.9 Å². The van der Waals surface area contributed by atoms with Crippen molar-refractivity contribution in [1.29, 1.82) is 0 Å². The van der Waals surface area contributed by atoms with Gasteiger partial charge in [0, 0.05) is 30.6 Å². The fraction of sp³-hybridized carbons (Fsp3) is 0.290. The quantitative estimate of drug-likeness (QED) is 0.261. The molecule has 5 aromatic rings. The number of aromatic amines is 1. The lowest BCUT2D eigenvalue weighted by Gasteiger charge is -2.30. The molecule has 3 aromatic heterocycles. The van der Waals surface area contributed by atoms with Crippen LogP contribution in [0.3, 0.4) is 0 Å². The summed E-state index contributed by atoms with van der Waals surface area (Å²) in [5.41, 5.74) is 6.20. The van der Waals surface area contributed by atoms with E-state index in [-0.39, 0.29) is 23.8 Å². The molecular formula is C31H32N6O2S. The number of rotatable bonds is 7. The van der Waals surface area contributed by atoms with Crippen LogP contribution in [0, 0.1) is 5.92 Å². The molecule has 9 heteroatoms. The minimum atomic E-state index is -0.540. The van der Waals surface area contributed by atoms with Crippen molar-refractivity contribution in [3.8, 4) is 33.8 Å². The first-order chi connectivity index (χ1) is 19.4. The fourth-order valence-electron chi connectivity index (χ4n) is 5.44. The number of nitrogens with one attached hydrogen (secondary N) is 2. The zero-order valence-corrected chi connectivity index (χ0v) is 23.6. The summed E-state index contributed by atoms with van der Waals surface area (Å²) in [6, 6.07) is 18.0. The number of imidazole rings is 2. The van der Waals surface area contributed by atoms with Crippen molar-refractivity contribution in [3.63, 3.8) is 0 Å². The molecule has 0 radical (unpaired) electrons. The number of hydrogen-bond acceptors (Lipinski definition) is 5. The van der Waals surface area contributed by atoms with Crippen molar-refractivity contribution < 1.29 is 9.59 Å². The van der Waals surface area contributed by atoms with Crippen molar-refractivity contribution in [2.45, 2.75) is 45.7 Å². The van der Waals surface area contributed by atoms with Crippen LogP contribution in [0.15, 0.2) is 72.4 Å². The predicted octanol–water partition coefficient (Wildman–Crippen LogP) is 5.94.